The van der Waals surface area contributed by atoms with E-state index in [0.717, 1.165) is 36.0 Å². The van der Waals surface area contributed by atoms with E-state index in [1.54, 1.807) is 25.7 Å². The molecule has 1 aliphatic rings. The van der Waals surface area contributed by atoms with Gasteiger partial charge in [-0.2, -0.15) is 0 Å². The third kappa shape index (κ3) is 4.43. The SMILES string of the molecule is COc1ccc(/C=C/C(=O)N2CCN(c3ccc(-n4ccnc4)nn3)CC2)cc1. The molecule has 0 bridgehead atoms. The van der Waals surface area contributed by atoms with Crippen LogP contribution >= 0.6 is 0 Å². The van der Waals surface area contributed by atoms with Gasteiger partial charge in [-0.3, -0.25) is 9.36 Å². The highest BCUT2D eigenvalue weighted by Crippen LogP contribution is 2.15. The number of benzene rings is 1. The number of nitrogens with zero attached hydrogens (tertiary/aromatic N) is 6. The zero-order valence-electron chi connectivity index (χ0n) is 16.2. The van der Waals surface area contributed by atoms with Crippen molar-refractivity contribution in [2.75, 3.05) is 38.2 Å². The van der Waals surface area contributed by atoms with Gasteiger partial charge in [0.15, 0.2) is 11.6 Å². The van der Waals surface area contributed by atoms with Crippen molar-refractivity contribution in [2.24, 2.45) is 0 Å². The second-order valence-electron chi connectivity index (χ2n) is 6.64. The van der Waals surface area contributed by atoms with E-state index in [4.69, 9.17) is 4.74 Å². The molecule has 1 aromatic carbocycles. The maximum atomic E-state index is 12.5. The second kappa shape index (κ2) is 8.55. The average molecular weight is 390 g/mol. The van der Waals surface area contributed by atoms with E-state index in [1.807, 2.05) is 58.1 Å². The van der Waals surface area contributed by atoms with Crippen molar-refractivity contribution >= 4 is 17.8 Å². The Bertz CT molecular complexity index is 959. The van der Waals surface area contributed by atoms with Crippen LogP contribution in [0, 0.1) is 0 Å². The number of rotatable bonds is 5. The van der Waals surface area contributed by atoms with Gasteiger partial charge >= 0.3 is 0 Å². The third-order valence-electron chi connectivity index (χ3n) is 4.85. The van der Waals surface area contributed by atoms with Crippen LogP contribution in [0.2, 0.25) is 0 Å². The molecule has 3 aromatic rings. The number of carbonyl (C=O) groups excluding carboxylic acids is 1. The summed E-state index contributed by atoms with van der Waals surface area (Å²) in [5, 5.41) is 8.57. The Hall–Kier alpha value is -3.68. The van der Waals surface area contributed by atoms with E-state index in [2.05, 4.69) is 20.1 Å². The standard InChI is InChI=1S/C21H22N6O2/c1-29-18-5-2-17(3-6-18)4-9-21(28)26-14-12-25(13-15-26)19-7-8-20(24-23-19)27-11-10-22-16-27/h2-11,16H,12-15H2,1H3/b9-4+. The smallest absolute Gasteiger partial charge is 0.246 e. The number of piperazine rings is 1. The number of amides is 1. The predicted octanol–water partition coefficient (Wildman–Crippen LogP) is 2.03. The van der Waals surface area contributed by atoms with E-state index in [9.17, 15) is 4.79 Å². The molecule has 1 saturated heterocycles. The lowest BCUT2D eigenvalue weighted by Gasteiger charge is -2.34. The van der Waals surface area contributed by atoms with Crippen LogP contribution in [0.1, 0.15) is 5.56 Å². The van der Waals surface area contributed by atoms with Gasteiger partial charge in [0.1, 0.15) is 12.1 Å². The number of ether oxygens (including phenoxy) is 1. The number of hydrogen-bond donors (Lipinski definition) is 0. The van der Waals surface area contributed by atoms with E-state index >= 15 is 0 Å². The minimum Gasteiger partial charge on any atom is -0.497 e. The summed E-state index contributed by atoms with van der Waals surface area (Å²) in [5.41, 5.74) is 0.964. The molecule has 3 heterocycles. The monoisotopic (exact) mass is 390 g/mol. The Morgan fingerprint density at radius 3 is 2.34 bits per heavy atom. The minimum absolute atomic E-state index is 0.0157. The maximum absolute atomic E-state index is 12.5. The van der Waals surface area contributed by atoms with E-state index in [0.29, 0.717) is 13.1 Å². The van der Waals surface area contributed by atoms with Gasteiger partial charge in [-0.1, -0.05) is 12.1 Å². The maximum Gasteiger partial charge on any atom is 0.246 e. The summed E-state index contributed by atoms with van der Waals surface area (Å²) in [6.07, 6.45) is 8.67. The molecule has 0 N–H and O–H groups in total. The Labute approximate surface area is 169 Å². The Morgan fingerprint density at radius 1 is 1.00 bits per heavy atom. The van der Waals surface area contributed by atoms with Gasteiger partial charge in [0.2, 0.25) is 5.91 Å². The zero-order chi connectivity index (χ0) is 20.1. The van der Waals surface area contributed by atoms with Crippen LogP contribution in [0.15, 0.2) is 61.2 Å². The molecule has 4 rings (SSSR count). The lowest BCUT2D eigenvalue weighted by atomic mass is 10.2. The molecule has 8 heteroatoms. The molecule has 1 fully saturated rings. The Kier molecular flexibility index (Phi) is 5.51. The summed E-state index contributed by atoms with van der Waals surface area (Å²) in [4.78, 5) is 20.5. The van der Waals surface area contributed by atoms with Crippen molar-refractivity contribution in [3.8, 4) is 11.6 Å². The van der Waals surface area contributed by atoms with Gasteiger partial charge < -0.3 is 14.5 Å². The van der Waals surface area contributed by atoms with Crippen LogP contribution in [-0.2, 0) is 4.79 Å². The molecule has 8 nitrogen and oxygen atoms in total. The first-order valence-corrected chi connectivity index (χ1v) is 9.41. The number of hydrogen-bond acceptors (Lipinski definition) is 6. The molecule has 0 unspecified atom stereocenters. The molecule has 0 radical (unpaired) electrons. The molecule has 148 valence electrons. The summed E-state index contributed by atoms with van der Waals surface area (Å²) < 4.78 is 6.95. The number of methoxy groups -OCH3 is 1. The molecule has 0 aliphatic carbocycles. The second-order valence-corrected chi connectivity index (χ2v) is 6.64. The van der Waals surface area contributed by atoms with Crippen molar-refractivity contribution in [3.05, 3.63) is 66.8 Å². The largest absolute Gasteiger partial charge is 0.497 e. The molecule has 0 spiro atoms. The predicted molar refractivity (Wildman–Crippen MR) is 110 cm³/mol. The summed E-state index contributed by atoms with van der Waals surface area (Å²) in [6.45, 7) is 2.75. The minimum atomic E-state index is 0.0157. The van der Waals surface area contributed by atoms with Crippen LogP contribution in [0.25, 0.3) is 11.9 Å². The van der Waals surface area contributed by atoms with Crippen LogP contribution < -0.4 is 9.64 Å². The van der Waals surface area contributed by atoms with Gasteiger partial charge in [0.25, 0.3) is 0 Å². The van der Waals surface area contributed by atoms with Gasteiger partial charge in [-0.25, -0.2) is 4.98 Å². The molecule has 2 aromatic heterocycles. The lowest BCUT2D eigenvalue weighted by Crippen LogP contribution is -2.48. The fraction of sp³-hybridized carbons (Fsp3) is 0.238. The van der Waals surface area contributed by atoms with E-state index in [1.165, 1.54) is 0 Å². The number of aromatic nitrogens is 4. The Morgan fingerprint density at radius 2 is 1.72 bits per heavy atom. The average Bonchev–Trinajstić information content (AvgIpc) is 3.33. The fourth-order valence-electron chi connectivity index (χ4n) is 3.16. The summed E-state index contributed by atoms with van der Waals surface area (Å²) in [6, 6.07) is 11.5. The van der Waals surface area contributed by atoms with Crippen molar-refractivity contribution in [1.82, 2.24) is 24.6 Å². The highest BCUT2D eigenvalue weighted by molar-refractivity contribution is 5.92. The van der Waals surface area contributed by atoms with Crippen LogP contribution in [-0.4, -0.2) is 63.8 Å². The molecule has 29 heavy (non-hydrogen) atoms. The topological polar surface area (TPSA) is 76.4 Å². The first-order chi connectivity index (χ1) is 14.2. The number of imidazole rings is 1. The quantitative estimate of drug-likeness (QED) is 0.621. The normalized spacial score (nSPS) is 14.4. The summed E-state index contributed by atoms with van der Waals surface area (Å²) in [5.74, 6) is 2.35. The van der Waals surface area contributed by atoms with Crippen LogP contribution in [0.5, 0.6) is 5.75 Å². The molecular formula is C21H22N6O2. The highest BCUT2D eigenvalue weighted by Gasteiger charge is 2.20. The first-order valence-electron chi connectivity index (χ1n) is 9.41. The van der Waals surface area contributed by atoms with Crippen molar-refractivity contribution in [2.45, 2.75) is 0 Å². The van der Waals surface area contributed by atoms with Crippen molar-refractivity contribution < 1.29 is 9.53 Å². The van der Waals surface area contributed by atoms with Crippen molar-refractivity contribution in [3.63, 3.8) is 0 Å². The van der Waals surface area contributed by atoms with Gasteiger partial charge in [-0.15, -0.1) is 10.2 Å². The van der Waals surface area contributed by atoms with Crippen LogP contribution in [0.3, 0.4) is 0 Å². The molecule has 1 amide bonds. The van der Waals surface area contributed by atoms with E-state index in [-0.39, 0.29) is 5.91 Å². The van der Waals surface area contributed by atoms with Crippen LogP contribution in [0.4, 0.5) is 5.82 Å². The van der Waals surface area contributed by atoms with Gasteiger partial charge in [-0.05, 0) is 35.9 Å². The summed E-state index contributed by atoms with van der Waals surface area (Å²) in [7, 11) is 1.63. The van der Waals surface area contributed by atoms with Gasteiger partial charge in [0.05, 0.1) is 7.11 Å². The number of carbonyl (C=O) groups is 1. The number of anilines is 1. The third-order valence-corrected chi connectivity index (χ3v) is 4.85. The van der Waals surface area contributed by atoms with Crippen molar-refractivity contribution in [1.29, 1.82) is 0 Å². The first kappa shape index (κ1) is 18.7. The Balaban J connectivity index is 1.31. The summed E-state index contributed by atoms with van der Waals surface area (Å²) >= 11 is 0. The molecule has 1 aliphatic heterocycles. The van der Waals surface area contributed by atoms with E-state index < -0.39 is 0 Å². The zero-order valence-corrected chi connectivity index (χ0v) is 16.2. The molecule has 0 saturated carbocycles. The molecule has 0 atom stereocenters. The van der Waals surface area contributed by atoms with Gasteiger partial charge in [0, 0.05) is 44.6 Å². The fourth-order valence-corrected chi connectivity index (χ4v) is 3.16. The lowest BCUT2D eigenvalue weighted by molar-refractivity contribution is -0.126. The molecular weight excluding hydrogens is 368 g/mol. The highest BCUT2D eigenvalue weighted by atomic mass is 16.5.